The molecular formula is C58H46N2. The summed E-state index contributed by atoms with van der Waals surface area (Å²) >= 11 is 0. The molecule has 0 saturated heterocycles. The van der Waals surface area contributed by atoms with Crippen LogP contribution in [0.15, 0.2) is 206 Å². The first kappa shape index (κ1) is 36.0. The Bertz CT molecular complexity index is 3010. The number of hydrogen-bond donors (Lipinski definition) is 0. The highest BCUT2D eigenvalue weighted by Crippen LogP contribution is 2.55. The van der Waals surface area contributed by atoms with Gasteiger partial charge in [-0.25, -0.2) is 0 Å². The Labute approximate surface area is 353 Å². The van der Waals surface area contributed by atoms with Crippen molar-refractivity contribution in [3.8, 4) is 50.2 Å². The molecule has 2 atom stereocenters. The van der Waals surface area contributed by atoms with Gasteiger partial charge in [-0.3, -0.25) is 0 Å². The highest BCUT2D eigenvalue weighted by atomic mass is 15.2. The second-order valence-corrected chi connectivity index (χ2v) is 16.3. The van der Waals surface area contributed by atoms with Crippen LogP contribution in [-0.4, -0.2) is 10.6 Å². The van der Waals surface area contributed by atoms with E-state index in [1.54, 1.807) is 0 Å². The Morgan fingerprint density at radius 1 is 0.483 bits per heavy atom. The number of anilines is 2. The number of hydrogen-bond acceptors (Lipinski definition) is 1. The minimum absolute atomic E-state index is 0.122. The molecule has 9 aromatic rings. The maximum absolute atomic E-state index is 2.59. The van der Waals surface area contributed by atoms with Gasteiger partial charge < -0.3 is 9.47 Å². The SMILES string of the molecule is CCCCc1ccc(-c2ccc(-c3cccc(-n4c5c(c6ccccc64)C4c6ccccc6N(c6ccccc6-c6ccc(-c7ccccc7)cc6)C4C=C5)c3)cc2)cc1. The summed E-state index contributed by atoms with van der Waals surface area (Å²) in [4.78, 5) is 2.59. The zero-order valence-corrected chi connectivity index (χ0v) is 33.9. The lowest BCUT2D eigenvalue weighted by molar-refractivity contribution is 0.726. The predicted octanol–water partition coefficient (Wildman–Crippen LogP) is 15.3. The summed E-state index contributed by atoms with van der Waals surface area (Å²) in [5, 5.41) is 1.31. The molecule has 11 rings (SSSR count). The average molecular weight is 771 g/mol. The van der Waals surface area contributed by atoms with Crippen LogP contribution >= 0.6 is 0 Å². The molecule has 0 N–H and O–H groups in total. The molecule has 2 unspecified atom stereocenters. The molecule has 8 aromatic carbocycles. The molecule has 288 valence electrons. The number of para-hydroxylation sites is 3. The fraction of sp³-hybridized carbons (Fsp3) is 0.103. The Balaban J connectivity index is 0.966. The fourth-order valence-electron chi connectivity index (χ4n) is 9.85. The van der Waals surface area contributed by atoms with Gasteiger partial charge in [-0.2, -0.15) is 0 Å². The topological polar surface area (TPSA) is 8.17 Å². The first-order valence-corrected chi connectivity index (χ1v) is 21.5. The molecule has 0 saturated carbocycles. The third-order valence-electron chi connectivity index (χ3n) is 12.8. The highest BCUT2D eigenvalue weighted by Gasteiger charge is 2.43. The third kappa shape index (κ3) is 6.19. The van der Waals surface area contributed by atoms with E-state index in [0.717, 1.165) is 6.42 Å². The van der Waals surface area contributed by atoms with Crippen molar-refractivity contribution < 1.29 is 0 Å². The van der Waals surface area contributed by atoms with Crippen molar-refractivity contribution in [2.75, 3.05) is 4.90 Å². The summed E-state index contributed by atoms with van der Waals surface area (Å²) in [5.74, 6) is 0.164. The van der Waals surface area contributed by atoms with E-state index in [9.17, 15) is 0 Å². The zero-order chi connectivity index (χ0) is 40.0. The van der Waals surface area contributed by atoms with Crippen LogP contribution < -0.4 is 4.90 Å². The quantitative estimate of drug-likeness (QED) is 0.142. The predicted molar refractivity (Wildman–Crippen MR) is 253 cm³/mol. The monoisotopic (exact) mass is 770 g/mol. The largest absolute Gasteiger partial charge is 0.333 e. The molecule has 1 aromatic heterocycles. The number of nitrogens with zero attached hydrogens (tertiary/aromatic N) is 2. The van der Waals surface area contributed by atoms with E-state index >= 15 is 0 Å². The van der Waals surface area contributed by atoms with Crippen molar-refractivity contribution in [1.82, 2.24) is 4.57 Å². The standard InChI is InChI=1S/C58H46N2/c1-2-3-14-40-25-27-42(28-26-40)44-29-31-45(32-30-44)47-17-13-18-48(39-47)59-53-23-11-8-20-50(53)57-55(59)37-38-56-58(57)51-21-9-12-24-54(51)60(56)52-22-10-7-19-49(52)46-35-33-43(34-36-46)41-15-5-4-6-16-41/h4-13,15-39,56,58H,2-3,14H2,1H3. The number of aryl methyl sites for hydroxylation is 1. The fourth-order valence-corrected chi connectivity index (χ4v) is 9.85. The number of benzene rings is 8. The Hall–Kier alpha value is -7.16. The van der Waals surface area contributed by atoms with Gasteiger partial charge in [-0.1, -0.05) is 189 Å². The molecule has 2 aliphatic rings. The molecule has 0 bridgehead atoms. The van der Waals surface area contributed by atoms with E-state index in [1.807, 2.05) is 0 Å². The summed E-state index contributed by atoms with van der Waals surface area (Å²) in [7, 11) is 0. The van der Waals surface area contributed by atoms with Gasteiger partial charge in [0.2, 0.25) is 0 Å². The summed E-state index contributed by atoms with van der Waals surface area (Å²) < 4.78 is 2.49. The van der Waals surface area contributed by atoms with Gasteiger partial charge in [-0.05, 0) is 105 Å². The molecular weight excluding hydrogens is 725 g/mol. The molecule has 2 nitrogen and oxygen atoms in total. The minimum atomic E-state index is 0.122. The smallest absolute Gasteiger partial charge is 0.0637 e. The lowest BCUT2D eigenvalue weighted by Crippen LogP contribution is -2.31. The van der Waals surface area contributed by atoms with Crippen LogP contribution in [0.2, 0.25) is 0 Å². The van der Waals surface area contributed by atoms with Crippen LogP contribution in [0.4, 0.5) is 11.4 Å². The van der Waals surface area contributed by atoms with Gasteiger partial charge in [0.25, 0.3) is 0 Å². The van der Waals surface area contributed by atoms with Crippen molar-refractivity contribution in [1.29, 1.82) is 0 Å². The van der Waals surface area contributed by atoms with Crippen molar-refractivity contribution in [2.24, 2.45) is 0 Å². The Kier molecular flexibility index (Phi) is 9.12. The van der Waals surface area contributed by atoms with E-state index in [4.69, 9.17) is 0 Å². The van der Waals surface area contributed by atoms with Gasteiger partial charge in [-0.15, -0.1) is 0 Å². The zero-order valence-electron chi connectivity index (χ0n) is 33.9. The lowest BCUT2D eigenvalue weighted by Gasteiger charge is -2.32. The maximum Gasteiger partial charge on any atom is 0.0637 e. The number of aromatic nitrogens is 1. The first-order chi connectivity index (χ1) is 29.7. The molecule has 0 amide bonds. The van der Waals surface area contributed by atoms with Gasteiger partial charge in [0, 0.05) is 33.9 Å². The van der Waals surface area contributed by atoms with Crippen LogP contribution in [0.25, 0.3) is 67.2 Å². The van der Waals surface area contributed by atoms with E-state index in [2.05, 4.69) is 229 Å². The van der Waals surface area contributed by atoms with Crippen LogP contribution in [0.1, 0.15) is 48.1 Å². The summed E-state index contributed by atoms with van der Waals surface area (Å²) in [6.07, 6.45) is 8.45. The molecule has 0 fully saturated rings. The van der Waals surface area contributed by atoms with Gasteiger partial charge in [0.1, 0.15) is 0 Å². The number of fused-ring (bicyclic) bond motifs is 7. The summed E-state index contributed by atoms with van der Waals surface area (Å²) in [5.41, 5.74) is 20.2. The normalized spacial score (nSPS) is 15.2. The van der Waals surface area contributed by atoms with Crippen LogP contribution in [0, 0.1) is 0 Å². The van der Waals surface area contributed by atoms with E-state index in [-0.39, 0.29) is 12.0 Å². The summed E-state index contributed by atoms with van der Waals surface area (Å²) in [6.45, 7) is 2.25. The van der Waals surface area contributed by atoms with Crippen LogP contribution in [0.3, 0.4) is 0 Å². The van der Waals surface area contributed by atoms with Crippen molar-refractivity contribution in [2.45, 2.75) is 38.1 Å². The van der Waals surface area contributed by atoms with E-state index in [1.165, 1.54) is 108 Å². The van der Waals surface area contributed by atoms with Gasteiger partial charge in [0.05, 0.1) is 17.3 Å². The first-order valence-electron chi connectivity index (χ1n) is 21.5. The molecule has 1 aliphatic carbocycles. The Morgan fingerprint density at radius 2 is 1.07 bits per heavy atom. The number of unbranched alkanes of at least 4 members (excludes halogenated alkanes) is 1. The minimum Gasteiger partial charge on any atom is -0.333 e. The molecule has 0 radical (unpaired) electrons. The van der Waals surface area contributed by atoms with Crippen molar-refractivity contribution in [3.63, 3.8) is 0 Å². The lowest BCUT2D eigenvalue weighted by atomic mass is 9.82. The average Bonchev–Trinajstić information content (AvgIpc) is 3.84. The van der Waals surface area contributed by atoms with E-state index in [0.29, 0.717) is 0 Å². The van der Waals surface area contributed by atoms with Crippen LogP contribution in [0.5, 0.6) is 0 Å². The van der Waals surface area contributed by atoms with Crippen molar-refractivity contribution in [3.05, 3.63) is 229 Å². The number of rotatable bonds is 9. The summed E-state index contributed by atoms with van der Waals surface area (Å²) in [6, 6.07) is 74.0. The third-order valence-corrected chi connectivity index (χ3v) is 12.8. The molecule has 1 aliphatic heterocycles. The van der Waals surface area contributed by atoms with Gasteiger partial charge >= 0.3 is 0 Å². The highest BCUT2D eigenvalue weighted by molar-refractivity contribution is 5.96. The van der Waals surface area contributed by atoms with Crippen LogP contribution in [-0.2, 0) is 6.42 Å². The second-order valence-electron chi connectivity index (χ2n) is 16.3. The molecule has 2 heterocycles. The van der Waals surface area contributed by atoms with E-state index < -0.39 is 0 Å². The second kappa shape index (κ2) is 15.2. The molecule has 0 spiro atoms. The molecule has 60 heavy (non-hydrogen) atoms. The maximum atomic E-state index is 2.59. The van der Waals surface area contributed by atoms with Crippen molar-refractivity contribution >= 4 is 28.4 Å². The Morgan fingerprint density at radius 3 is 1.82 bits per heavy atom. The van der Waals surface area contributed by atoms with Gasteiger partial charge in [0.15, 0.2) is 0 Å². The molecule has 2 heteroatoms.